The zero-order valence-electron chi connectivity index (χ0n) is 27.7. The number of allylic oxidation sites excluding steroid dienone is 15. The summed E-state index contributed by atoms with van der Waals surface area (Å²) in [5.74, 6) is 0. The van der Waals surface area contributed by atoms with Gasteiger partial charge in [-0.05, 0) is 84.9 Å². The Balaban J connectivity index is 1.68. The molecule has 3 heteroatoms. The predicted octanol–water partition coefficient (Wildman–Crippen LogP) is 13.3. The van der Waals surface area contributed by atoms with Gasteiger partial charge in [-0.25, -0.2) is 0 Å². The van der Waals surface area contributed by atoms with E-state index in [0.717, 1.165) is 38.6 Å². The lowest BCUT2D eigenvalue weighted by Crippen LogP contribution is -2.30. The molecule has 4 rings (SSSR count). The summed E-state index contributed by atoms with van der Waals surface area (Å²) < 4.78 is 0. The molecule has 2 unspecified atom stereocenters. The van der Waals surface area contributed by atoms with Gasteiger partial charge in [0.05, 0.1) is 0 Å². The van der Waals surface area contributed by atoms with Crippen LogP contribution in [0.25, 0.3) is 6.08 Å². The Kier molecular flexibility index (Phi) is 14.6. The van der Waals surface area contributed by atoms with Crippen molar-refractivity contribution in [2.45, 2.75) is 58.1 Å². The molecule has 0 fully saturated rings. The van der Waals surface area contributed by atoms with Crippen LogP contribution in [0.3, 0.4) is 0 Å². The van der Waals surface area contributed by atoms with Crippen molar-refractivity contribution in [1.82, 2.24) is 0 Å². The molecule has 1 aliphatic carbocycles. The molecule has 1 aliphatic heterocycles. The molecular formula is C43H49NS2. The molecule has 0 amide bonds. The standard InChI is InChI=1S/C43H49NS2/c1-5-7-23-38-24-13-14-28-41(38)44(39-25-10-8-11-26-39)33-19-18-32-43-30-16-9-12-27-40(45-34-6-2)35-36(3)21-20-29-42(43)46-37(4)22-15-17-31-43/h6-21,23-30,34,42H,4-5,22,31-33,35H2,1-3H3/b12-9-,17-15-,19-18-,23-7-,29-20-,30-16+,34-6+,36-21-,40-27+. The second-order valence-corrected chi connectivity index (χ2v) is 14.1. The molecule has 0 saturated heterocycles. The molecule has 0 bridgehead atoms. The molecule has 1 heterocycles. The van der Waals surface area contributed by atoms with Crippen LogP contribution < -0.4 is 4.90 Å². The van der Waals surface area contributed by atoms with Crippen LogP contribution in [0.5, 0.6) is 0 Å². The third-order valence-electron chi connectivity index (χ3n) is 8.06. The van der Waals surface area contributed by atoms with Gasteiger partial charge in [0.15, 0.2) is 0 Å². The second kappa shape index (κ2) is 19.1. The van der Waals surface area contributed by atoms with Crippen LogP contribution in [-0.4, -0.2) is 11.8 Å². The Bertz CT molecular complexity index is 1550. The van der Waals surface area contributed by atoms with Crippen LogP contribution in [0.4, 0.5) is 11.4 Å². The van der Waals surface area contributed by atoms with E-state index in [2.05, 4.69) is 183 Å². The second-order valence-electron chi connectivity index (χ2n) is 11.7. The number of benzene rings is 2. The summed E-state index contributed by atoms with van der Waals surface area (Å²) in [6.07, 6.45) is 39.1. The highest BCUT2D eigenvalue weighted by atomic mass is 32.2. The SMILES string of the molecule is C=C1C/C=C\CC2(C/C=C\CN(c3ccccc3)c3ccccc3/C=C\CC)/C=C/C=C\C=C(\S/C=C/C)C/C(C)=C\C=C/C2S1. The van der Waals surface area contributed by atoms with Crippen molar-refractivity contribution in [3.63, 3.8) is 0 Å². The summed E-state index contributed by atoms with van der Waals surface area (Å²) in [6, 6.07) is 19.4. The van der Waals surface area contributed by atoms with Crippen molar-refractivity contribution in [3.8, 4) is 0 Å². The number of para-hydroxylation sites is 2. The molecule has 238 valence electrons. The lowest BCUT2D eigenvalue weighted by molar-refractivity contribution is 0.406. The minimum atomic E-state index is -0.0940. The monoisotopic (exact) mass is 643 g/mol. The maximum atomic E-state index is 4.43. The first-order chi connectivity index (χ1) is 22.5. The van der Waals surface area contributed by atoms with Crippen molar-refractivity contribution in [2.24, 2.45) is 5.41 Å². The zero-order chi connectivity index (χ0) is 32.5. The van der Waals surface area contributed by atoms with E-state index in [1.54, 1.807) is 11.8 Å². The summed E-state index contributed by atoms with van der Waals surface area (Å²) in [7, 11) is 0. The van der Waals surface area contributed by atoms with E-state index < -0.39 is 0 Å². The minimum absolute atomic E-state index is 0.0940. The van der Waals surface area contributed by atoms with Gasteiger partial charge in [-0.2, -0.15) is 0 Å². The zero-order valence-corrected chi connectivity index (χ0v) is 29.4. The lowest BCUT2D eigenvalue weighted by atomic mass is 9.76. The fourth-order valence-electron chi connectivity index (χ4n) is 5.62. The van der Waals surface area contributed by atoms with Crippen LogP contribution in [0.15, 0.2) is 167 Å². The summed E-state index contributed by atoms with van der Waals surface area (Å²) in [5, 5.41) is 2.42. The number of fused-ring (bicyclic) bond motifs is 1. The molecule has 46 heavy (non-hydrogen) atoms. The molecule has 0 aromatic heterocycles. The van der Waals surface area contributed by atoms with Gasteiger partial charge >= 0.3 is 0 Å². The van der Waals surface area contributed by atoms with Gasteiger partial charge in [0.25, 0.3) is 0 Å². The van der Waals surface area contributed by atoms with Crippen molar-refractivity contribution in [1.29, 1.82) is 0 Å². The Labute approximate surface area is 287 Å². The van der Waals surface area contributed by atoms with E-state index in [0.29, 0.717) is 0 Å². The first kappa shape index (κ1) is 35.2. The highest BCUT2D eigenvalue weighted by Crippen LogP contribution is 2.46. The summed E-state index contributed by atoms with van der Waals surface area (Å²) in [5.41, 5.74) is 4.91. The Morgan fingerprint density at radius 3 is 2.61 bits per heavy atom. The van der Waals surface area contributed by atoms with Crippen LogP contribution in [-0.2, 0) is 0 Å². The van der Waals surface area contributed by atoms with Gasteiger partial charge in [-0.15, -0.1) is 23.5 Å². The van der Waals surface area contributed by atoms with Crippen molar-refractivity contribution < 1.29 is 0 Å². The molecule has 2 atom stereocenters. The summed E-state index contributed by atoms with van der Waals surface area (Å²) in [4.78, 5) is 4.97. The first-order valence-electron chi connectivity index (χ1n) is 16.4. The Morgan fingerprint density at radius 1 is 0.957 bits per heavy atom. The van der Waals surface area contributed by atoms with E-state index in [9.17, 15) is 0 Å². The summed E-state index contributed by atoms with van der Waals surface area (Å²) in [6.45, 7) is 11.7. The maximum absolute atomic E-state index is 4.43. The van der Waals surface area contributed by atoms with E-state index >= 15 is 0 Å². The molecule has 0 spiro atoms. The molecule has 2 aromatic carbocycles. The third kappa shape index (κ3) is 10.7. The Hall–Kier alpha value is -3.66. The fraction of sp³-hybridized carbons (Fsp3) is 0.256. The van der Waals surface area contributed by atoms with E-state index in [4.69, 9.17) is 0 Å². The Morgan fingerprint density at radius 2 is 1.78 bits per heavy atom. The molecule has 0 N–H and O–H groups in total. The van der Waals surface area contributed by atoms with Crippen molar-refractivity contribution >= 4 is 41.0 Å². The topological polar surface area (TPSA) is 3.24 Å². The lowest BCUT2D eigenvalue weighted by Gasteiger charge is -2.37. The molecule has 0 radical (unpaired) electrons. The third-order valence-corrected chi connectivity index (χ3v) is 10.4. The van der Waals surface area contributed by atoms with Crippen LogP contribution in [0.1, 0.15) is 58.4 Å². The van der Waals surface area contributed by atoms with Gasteiger partial charge < -0.3 is 4.90 Å². The van der Waals surface area contributed by atoms with Gasteiger partial charge in [0.2, 0.25) is 0 Å². The molecule has 2 aliphatic rings. The van der Waals surface area contributed by atoms with Crippen molar-refractivity contribution in [3.05, 3.63) is 173 Å². The fourth-order valence-corrected chi connectivity index (χ4v) is 7.62. The number of rotatable bonds is 10. The van der Waals surface area contributed by atoms with E-state index in [1.165, 1.54) is 32.3 Å². The quantitative estimate of drug-likeness (QED) is 0.237. The summed E-state index contributed by atoms with van der Waals surface area (Å²) >= 11 is 3.72. The van der Waals surface area contributed by atoms with Gasteiger partial charge in [0, 0.05) is 28.6 Å². The van der Waals surface area contributed by atoms with E-state index in [-0.39, 0.29) is 10.7 Å². The largest absolute Gasteiger partial charge is 0.337 e. The number of hydrogen-bond donors (Lipinski definition) is 0. The number of thioether (sulfide) groups is 2. The molecule has 0 saturated carbocycles. The molecule has 1 nitrogen and oxygen atoms in total. The van der Waals surface area contributed by atoms with Gasteiger partial charge in [0.1, 0.15) is 0 Å². The maximum Gasteiger partial charge on any atom is 0.0487 e. The minimum Gasteiger partial charge on any atom is -0.337 e. The number of nitrogens with zero attached hydrogens (tertiary/aromatic N) is 1. The van der Waals surface area contributed by atoms with Gasteiger partial charge in [-0.3, -0.25) is 0 Å². The average molecular weight is 644 g/mol. The normalized spacial score (nSPS) is 26.0. The first-order valence-corrected chi connectivity index (χ1v) is 18.2. The number of hydrogen-bond acceptors (Lipinski definition) is 3. The number of anilines is 2. The average Bonchev–Trinajstić information content (AvgIpc) is 3.07. The van der Waals surface area contributed by atoms with Gasteiger partial charge in [-0.1, -0.05) is 147 Å². The smallest absolute Gasteiger partial charge is 0.0487 e. The highest BCUT2D eigenvalue weighted by molar-refractivity contribution is 8.05. The van der Waals surface area contributed by atoms with Crippen LogP contribution in [0, 0.1) is 5.41 Å². The van der Waals surface area contributed by atoms with E-state index in [1.807, 2.05) is 11.8 Å². The molecular weight excluding hydrogens is 595 g/mol. The van der Waals surface area contributed by atoms with Crippen LogP contribution in [0.2, 0.25) is 0 Å². The van der Waals surface area contributed by atoms with Crippen molar-refractivity contribution in [2.75, 3.05) is 11.4 Å². The predicted molar refractivity (Wildman–Crippen MR) is 211 cm³/mol. The highest BCUT2D eigenvalue weighted by Gasteiger charge is 2.34. The molecule has 2 aromatic rings. The van der Waals surface area contributed by atoms with Crippen LogP contribution >= 0.6 is 23.5 Å².